The van der Waals surface area contributed by atoms with Gasteiger partial charge in [-0.15, -0.1) is 0 Å². The zero-order valence-electron chi connectivity index (χ0n) is 18.3. The molecular formula is C23H29N5O3. The molecule has 1 aliphatic heterocycles. The van der Waals surface area contributed by atoms with Gasteiger partial charge in [-0.25, -0.2) is 9.97 Å². The summed E-state index contributed by atoms with van der Waals surface area (Å²) in [7, 11) is 0. The highest BCUT2D eigenvalue weighted by atomic mass is 16.5. The first-order valence-electron chi connectivity index (χ1n) is 10.7. The molecule has 0 unspecified atom stereocenters. The van der Waals surface area contributed by atoms with Crippen molar-refractivity contribution in [1.29, 1.82) is 0 Å². The molecule has 164 valence electrons. The van der Waals surface area contributed by atoms with Crippen molar-refractivity contribution < 1.29 is 14.3 Å². The summed E-state index contributed by atoms with van der Waals surface area (Å²) in [6.45, 7) is 8.96. The second-order valence-corrected chi connectivity index (χ2v) is 8.13. The maximum absolute atomic E-state index is 11.9. The quantitative estimate of drug-likeness (QED) is 0.544. The Balaban J connectivity index is 1.74. The molecule has 1 aromatic carbocycles. The number of carbonyl (C=O) groups excluding carboxylic acids is 1. The summed E-state index contributed by atoms with van der Waals surface area (Å²) in [5.74, 6) is 2.03. The van der Waals surface area contributed by atoms with Crippen molar-refractivity contribution >= 4 is 28.7 Å². The predicted molar refractivity (Wildman–Crippen MR) is 120 cm³/mol. The molecule has 0 radical (unpaired) electrons. The number of ether oxygens (including phenoxy) is 2. The van der Waals surface area contributed by atoms with E-state index < -0.39 is 5.91 Å². The van der Waals surface area contributed by atoms with Gasteiger partial charge in [-0.2, -0.15) is 0 Å². The van der Waals surface area contributed by atoms with Gasteiger partial charge in [-0.1, -0.05) is 6.92 Å². The first kappa shape index (κ1) is 21.1. The number of fused-ring (bicyclic) bond motifs is 1. The molecule has 31 heavy (non-hydrogen) atoms. The normalized spacial score (nSPS) is 13.9. The Kier molecular flexibility index (Phi) is 6.08. The lowest BCUT2D eigenvalue weighted by Gasteiger charge is -2.25. The van der Waals surface area contributed by atoms with E-state index in [9.17, 15) is 4.79 Å². The molecule has 8 nitrogen and oxygen atoms in total. The number of pyridine rings is 1. The molecule has 3 N–H and O–H groups in total. The number of aromatic nitrogens is 3. The molecule has 0 spiro atoms. The van der Waals surface area contributed by atoms with Crippen LogP contribution in [0.3, 0.4) is 0 Å². The number of rotatable bonds is 9. The molecule has 2 aromatic heterocycles. The SMILES string of the molecule is CCCn1c(Nc2cc(C)cc(C)n2)nc2cc(C(N)=O)cc(OCCC3COC3)c21. The van der Waals surface area contributed by atoms with Gasteiger partial charge in [0.2, 0.25) is 11.9 Å². The molecule has 0 aliphatic carbocycles. The maximum Gasteiger partial charge on any atom is 0.248 e. The number of nitrogens with one attached hydrogen (secondary N) is 1. The average Bonchev–Trinajstić information content (AvgIpc) is 3.00. The third-order valence-corrected chi connectivity index (χ3v) is 5.37. The molecule has 3 aromatic rings. The van der Waals surface area contributed by atoms with Gasteiger partial charge in [0.25, 0.3) is 0 Å². The number of nitrogens with two attached hydrogens (primary N) is 1. The van der Waals surface area contributed by atoms with Crippen molar-refractivity contribution in [2.45, 2.75) is 40.2 Å². The van der Waals surface area contributed by atoms with E-state index in [-0.39, 0.29) is 0 Å². The molecule has 3 heterocycles. The number of carbonyl (C=O) groups is 1. The lowest BCUT2D eigenvalue weighted by atomic mass is 10.1. The largest absolute Gasteiger partial charge is 0.491 e. The Bertz CT molecular complexity index is 1080. The van der Waals surface area contributed by atoms with Crippen LogP contribution in [0, 0.1) is 19.8 Å². The minimum atomic E-state index is -0.505. The van der Waals surface area contributed by atoms with Crippen LogP contribution in [0.5, 0.6) is 5.75 Å². The fourth-order valence-electron chi connectivity index (χ4n) is 3.83. The molecule has 1 saturated heterocycles. The van der Waals surface area contributed by atoms with Crippen LogP contribution in [0.2, 0.25) is 0 Å². The smallest absolute Gasteiger partial charge is 0.248 e. The third kappa shape index (κ3) is 4.64. The van der Waals surface area contributed by atoms with Crippen molar-refractivity contribution in [1.82, 2.24) is 14.5 Å². The second-order valence-electron chi connectivity index (χ2n) is 8.13. The Morgan fingerprint density at radius 3 is 2.71 bits per heavy atom. The summed E-state index contributed by atoms with van der Waals surface area (Å²) in [4.78, 5) is 21.2. The van der Waals surface area contributed by atoms with Gasteiger partial charge in [0.15, 0.2) is 0 Å². The lowest BCUT2D eigenvalue weighted by molar-refractivity contribution is -0.0400. The standard InChI is InChI=1S/C23H29N5O3/c1-4-6-28-21-18(26-23(28)27-20-9-14(2)8-15(3)25-20)10-17(22(24)29)11-19(21)31-7-5-16-12-30-13-16/h8-11,16H,4-7,12-13H2,1-3H3,(H2,24,29)(H,25,26,27). The highest BCUT2D eigenvalue weighted by molar-refractivity contribution is 5.99. The van der Waals surface area contributed by atoms with E-state index in [0.717, 1.165) is 55.2 Å². The van der Waals surface area contributed by atoms with Crippen LogP contribution in [-0.4, -0.2) is 40.3 Å². The van der Waals surface area contributed by atoms with Crippen molar-refractivity contribution in [2.75, 3.05) is 25.1 Å². The van der Waals surface area contributed by atoms with Crippen LogP contribution in [0.25, 0.3) is 11.0 Å². The monoisotopic (exact) mass is 423 g/mol. The molecule has 0 saturated carbocycles. The average molecular weight is 424 g/mol. The van der Waals surface area contributed by atoms with E-state index in [4.69, 9.17) is 20.2 Å². The first-order valence-corrected chi connectivity index (χ1v) is 10.7. The topological polar surface area (TPSA) is 104 Å². The molecule has 8 heteroatoms. The second kappa shape index (κ2) is 8.93. The molecule has 4 rings (SSSR count). The number of hydrogen-bond acceptors (Lipinski definition) is 6. The van der Waals surface area contributed by atoms with E-state index in [1.165, 1.54) is 0 Å². The van der Waals surface area contributed by atoms with Gasteiger partial charge in [0.05, 0.1) is 25.3 Å². The number of benzene rings is 1. The number of amides is 1. The molecule has 1 amide bonds. The van der Waals surface area contributed by atoms with Crippen LogP contribution < -0.4 is 15.8 Å². The van der Waals surface area contributed by atoms with E-state index in [0.29, 0.717) is 35.3 Å². The number of imidazole rings is 1. The van der Waals surface area contributed by atoms with Crippen molar-refractivity contribution in [3.05, 3.63) is 41.1 Å². The van der Waals surface area contributed by atoms with Gasteiger partial charge in [-0.3, -0.25) is 4.79 Å². The van der Waals surface area contributed by atoms with Crippen LogP contribution >= 0.6 is 0 Å². The Labute approximate surface area is 181 Å². The van der Waals surface area contributed by atoms with E-state index in [1.807, 2.05) is 26.0 Å². The third-order valence-electron chi connectivity index (χ3n) is 5.37. The van der Waals surface area contributed by atoms with Gasteiger partial charge in [-0.05, 0) is 56.5 Å². The minimum absolute atomic E-state index is 0.381. The number of nitrogens with zero attached hydrogens (tertiary/aromatic N) is 3. The molecule has 1 fully saturated rings. The molecule has 0 atom stereocenters. The van der Waals surface area contributed by atoms with Gasteiger partial charge in [0.1, 0.15) is 17.1 Å². The highest BCUT2D eigenvalue weighted by Gasteiger charge is 2.21. The number of aryl methyl sites for hydroxylation is 3. The number of anilines is 2. The zero-order valence-corrected chi connectivity index (χ0v) is 18.3. The van der Waals surface area contributed by atoms with E-state index in [1.54, 1.807) is 12.1 Å². The molecule has 1 aliphatic rings. The number of hydrogen-bond donors (Lipinski definition) is 2. The lowest BCUT2D eigenvalue weighted by Crippen LogP contribution is -2.28. The van der Waals surface area contributed by atoms with E-state index in [2.05, 4.69) is 21.8 Å². The molecule has 0 bridgehead atoms. The Morgan fingerprint density at radius 1 is 1.26 bits per heavy atom. The zero-order chi connectivity index (χ0) is 22.0. The minimum Gasteiger partial charge on any atom is -0.491 e. The van der Waals surface area contributed by atoms with Crippen LogP contribution in [-0.2, 0) is 11.3 Å². The summed E-state index contributed by atoms with van der Waals surface area (Å²) in [5.41, 5.74) is 9.52. The summed E-state index contributed by atoms with van der Waals surface area (Å²) in [6, 6.07) is 7.44. The van der Waals surface area contributed by atoms with Crippen LogP contribution in [0.4, 0.5) is 11.8 Å². The summed E-state index contributed by atoms with van der Waals surface area (Å²) in [5, 5.41) is 3.35. The van der Waals surface area contributed by atoms with Gasteiger partial charge >= 0.3 is 0 Å². The fraction of sp³-hybridized carbons (Fsp3) is 0.435. The Hall–Kier alpha value is -3.13. The highest BCUT2D eigenvalue weighted by Crippen LogP contribution is 2.32. The van der Waals surface area contributed by atoms with Crippen LogP contribution in [0.1, 0.15) is 41.4 Å². The van der Waals surface area contributed by atoms with Crippen molar-refractivity contribution in [3.63, 3.8) is 0 Å². The van der Waals surface area contributed by atoms with Crippen molar-refractivity contribution in [3.8, 4) is 5.75 Å². The summed E-state index contributed by atoms with van der Waals surface area (Å²) in [6.07, 6.45) is 1.82. The fourth-order valence-corrected chi connectivity index (χ4v) is 3.83. The first-order chi connectivity index (χ1) is 14.9. The maximum atomic E-state index is 11.9. The van der Waals surface area contributed by atoms with E-state index >= 15 is 0 Å². The van der Waals surface area contributed by atoms with Gasteiger partial charge in [0, 0.05) is 23.7 Å². The van der Waals surface area contributed by atoms with Crippen LogP contribution in [0.15, 0.2) is 24.3 Å². The molecular weight excluding hydrogens is 394 g/mol. The summed E-state index contributed by atoms with van der Waals surface area (Å²) < 4.78 is 13.5. The van der Waals surface area contributed by atoms with Crippen molar-refractivity contribution in [2.24, 2.45) is 11.7 Å². The summed E-state index contributed by atoms with van der Waals surface area (Å²) >= 11 is 0. The Morgan fingerprint density at radius 2 is 2.06 bits per heavy atom. The van der Waals surface area contributed by atoms with Gasteiger partial charge < -0.3 is 25.1 Å². The predicted octanol–water partition coefficient (Wildman–Crippen LogP) is 3.72. The number of primary amides is 1.